The molecule has 0 spiro atoms. The molecule has 0 aromatic carbocycles. The van der Waals surface area contributed by atoms with Crippen molar-refractivity contribution in [3.63, 3.8) is 0 Å². The van der Waals surface area contributed by atoms with Gasteiger partial charge in [-0.1, -0.05) is 0 Å². The van der Waals surface area contributed by atoms with Crippen molar-refractivity contribution in [1.29, 1.82) is 0 Å². The van der Waals surface area contributed by atoms with E-state index in [1.54, 1.807) is 0 Å². The van der Waals surface area contributed by atoms with E-state index in [1.165, 1.54) is 23.3 Å². The fourth-order valence-corrected chi connectivity index (χ4v) is 1.32. The van der Waals surface area contributed by atoms with Gasteiger partial charge in [0.2, 0.25) is 0 Å². The van der Waals surface area contributed by atoms with Gasteiger partial charge in [0, 0.05) is 12.3 Å². The second kappa shape index (κ2) is 3.57. The zero-order chi connectivity index (χ0) is 9.10. The first-order valence-electron chi connectivity index (χ1n) is 4.23. The minimum atomic E-state index is -0.0445. The Morgan fingerprint density at radius 1 is 1.38 bits per heavy atom. The lowest BCUT2D eigenvalue weighted by atomic mass is 10.5. The number of hydrogen-bond acceptors (Lipinski definition) is 4. The van der Waals surface area contributed by atoms with Gasteiger partial charge in [-0.25, -0.2) is 9.66 Å². The molecule has 0 atom stereocenters. The lowest BCUT2D eigenvalue weighted by molar-refractivity contribution is 0.110. The number of hydrogen-bond donors (Lipinski definition) is 0. The Labute approximate surface area is 75.5 Å². The van der Waals surface area contributed by atoms with Crippen LogP contribution in [0.3, 0.4) is 0 Å². The smallest absolute Gasteiger partial charge is 0.271 e. The Bertz CT molecular complexity index is 330. The molecule has 1 aliphatic rings. The lowest BCUT2D eigenvalue weighted by Gasteiger charge is -2.29. The standard InChI is InChI=1S/C8H11N3O2/c12-8-1-2-9-7-11(8)10-3-5-13-6-4-10/h1-2,7H,3-6H2. The Balaban J connectivity index is 2.24. The summed E-state index contributed by atoms with van der Waals surface area (Å²) < 4.78 is 6.71. The van der Waals surface area contributed by atoms with Crippen LogP contribution in [0.15, 0.2) is 23.4 Å². The molecule has 13 heavy (non-hydrogen) atoms. The van der Waals surface area contributed by atoms with E-state index in [-0.39, 0.29) is 5.56 Å². The normalized spacial score (nSPS) is 17.4. The first-order chi connectivity index (χ1) is 6.38. The highest BCUT2D eigenvalue weighted by atomic mass is 16.5. The van der Waals surface area contributed by atoms with Gasteiger partial charge in [0.15, 0.2) is 0 Å². The molecule has 1 aliphatic heterocycles. The highest BCUT2D eigenvalue weighted by Gasteiger charge is 2.10. The molecule has 0 N–H and O–H groups in total. The van der Waals surface area contributed by atoms with E-state index in [4.69, 9.17) is 4.74 Å². The van der Waals surface area contributed by atoms with Crippen molar-refractivity contribution in [3.8, 4) is 0 Å². The average molecular weight is 181 g/mol. The van der Waals surface area contributed by atoms with Crippen LogP contribution in [0.25, 0.3) is 0 Å². The highest BCUT2D eigenvalue weighted by molar-refractivity contribution is 4.92. The number of nitrogens with zero attached hydrogens (tertiary/aromatic N) is 3. The van der Waals surface area contributed by atoms with Crippen LogP contribution in [0.1, 0.15) is 0 Å². The number of morpholine rings is 1. The summed E-state index contributed by atoms with van der Waals surface area (Å²) >= 11 is 0. The molecule has 0 bridgehead atoms. The van der Waals surface area contributed by atoms with Crippen molar-refractivity contribution < 1.29 is 4.74 Å². The third-order valence-corrected chi connectivity index (χ3v) is 2.00. The van der Waals surface area contributed by atoms with Crippen molar-refractivity contribution in [1.82, 2.24) is 9.66 Å². The van der Waals surface area contributed by atoms with Crippen LogP contribution in [-0.2, 0) is 4.74 Å². The Hall–Kier alpha value is -1.36. The number of aromatic nitrogens is 2. The summed E-state index contributed by atoms with van der Waals surface area (Å²) in [6.07, 6.45) is 3.03. The van der Waals surface area contributed by atoms with Crippen molar-refractivity contribution >= 4 is 0 Å². The minimum Gasteiger partial charge on any atom is -0.378 e. The molecule has 2 rings (SSSR count). The first kappa shape index (κ1) is 8.25. The van der Waals surface area contributed by atoms with E-state index in [0.29, 0.717) is 13.2 Å². The maximum Gasteiger partial charge on any atom is 0.271 e. The minimum absolute atomic E-state index is 0.0445. The molecule has 5 nitrogen and oxygen atoms in total. The van der Waals surface area contributed by atoms with Gasteiger partial charge in [0.05, 0.1) is 26.3 Å². The lowest BCUT2D eigenvalue weighted by Crippen LogP contribution is -2.48. The van der Waals surface area contributed by atoms with Gasteiger partial charge < -0.3 is 9.75 Å². The fraction of sp³-hybridized carbons (Fsp3) is 0.500. The zero-order valence-electron chi connectivity index (χ0n) is 7.22. The summed E-state index contributed by atoms with van der Waals surface area (Å²) in [5, 5.41) is 1.93. The molecule has 2 heterocycles. The highest BCUT2D eigenvalue weighted by Crippen LogP contribution is 1.93. The zero-order valence-corrected chi connectivity index (χ0v) is 7.22. The second-order valence-corrected chi connectivity index (χ2v) is 2.83. The number of ether oxygens (including phenoxy) is 1. The van der Waals surface area contributed by atoms with E-state index in [0.717, 1.165) is 13.1 Å². The van der Waals surface area contributed by atoms with Gasteiger partial charge in [-0.15, -0.1) is 0 Å². The summed E-state index contributed by atoms with van der Waals surface area (Å²) in [6, 6.07) is 1.45. The maximum absolute atomic E-state index is 11.4. The molecular weight excluding hydrogens is 170 g/mol. The second-order valence-electron chi connectivity index (χ2n) is 2.83. The third-order valence-electron chi connectivity index (χ3n) is 2.00. The van der Waals surface area contributed by atoms with Gasteiger partial charge in [-0.2, -0.15) is 0 Å². The molecule has 1 fully saturated rings. The molecular formula is C8H11N3O2. The van der Waals surface area contributed by atoms with Gasteiger partial charge in [-0.05, 0) is 0 Å². The topological polar surface area (TPSA) is 47.4 Å². The van der Waals surface area contributed by atoms with Crippen LogP contribution in [-0.4, -0.2) is 36.0 Å². The van der Waals surface area contributed by atoms with E-state index >= 15 is 0 Å². The van der Waals surface area contributed by atoms with Crippen LogP contribution in [0.2, 0.25) is 0 Å². The van der Waals surface area contributed by atoms with Crippen molar-refractivity contribution in [2.45, 2.75) is 0 Å². The summed E-state index contributed by atoms with van der Waals surface area (Å²) in [7, 11) is 0. The van der Waals surface area contributed by atoms with E-state index in [1.807, 2.05) is 5.01 Å². The molecule has 1 saturated heterocycles. The monoisotopic (exact) mass is 181 g/mol. The van der Waals surface area contributed by atoms with Crippen LogP contribution in [0.5, 0.6) is 0 Å². The Morgan fingerprint density at radius 2 is 2.15 bits per heavy atom. The average Bonchev–Trinajstić information content (AvgIpc) is 2.20. The van der Waals surface area contributed by atoms with Crippen LogP contribution >= 0.6 is 0 Å². The van der Waals surface area contributed by atoms with Crippen molar-refractivity contribution in [3.05, 3.63) is 28.9 Å². The predicted molar refractivity (Wildman–Crippen MR) is 47.3 cm³/mol. The Kier molecular flexibility index (Phi) is 2.27. The summed E-state index contributed by atoms with van der Waals surface area (Å²) in [5.41, 5.74) is -0.0445. The molecule has 70 valence electrons. The van der Waals surface area contributed by atoms with E-state index in [2.05, 4.69) is 4.98 Å². The van der Waals surface area contributed by atoms with Gasteiger partial charge >= 0.3 is 0 Å². The number of rotatable bonds is 1. The van der Waals surface area contributed by atoms with Crippen molar-refractivity contribution in [2.75, 3.05) is 31.3 Å². The molecule has 0 aliphatic carbocycles. The largest absolute Gasteiger partial charge is 0.378 e. The first-order valence-corrected chi connectivity index (χ1v) is 4.23. The Morgan fingerprint density at radius 3 is 2.85 bits per heavy atom. The maximum atomic E-state index is 11.4. The predicted octanol–water partition coefficient (Wildman–Crippen LogP) is -0.788. The fourth-order valence-electron chi connectivity index (χ4n) is 1.32. The van der Waals surface area contributed by atoms with Crippen LogP contribution in [0, 0.1) is 0 Å². The third kappa shape index (κ3) is 1.70. The molecule has 1 aromatic rings. The van der Waals surface area contributed by atoms with Crippen molar-refractivity contribution in [2.24, 2.45) is 0 Å². The summed E-state index contributed by atoms with van der Waals surface area (Å²) in [6.45, 7) is 2.82. The molecule has 0 saturated carbocycles. The molecule has 5 heteroatoms. The van der Waals surface area contributed by atoms with Gasteiger partial charge in [0.1, 0.15) is 6.33 Å². The van der Waals surface area contributed by atoms with Gasteiger partial charge in [-0.3, -0.25) is 4.79 Å². The SMILES string of the molecule is O=c1ccncn1N1CCOCC1. The molecule has 1 aromatic heterocycles. The van der Waals surface area contributed by atoms with E-state index in [9.17, 15) is 4.79 Å². The quantitative estimate of drug-likeness (QED) is 0.569. The van der Waals surface area contributed by atoms with E-state index < -0.39 is 0 Å². The summed E-state index contributed by atoms with van der Waals surface area (Å²) in [5.74, 6) is 0. The van der Waals surface area contributed by atoms with Crippen LogP contribution in [0.4, 0.5) is 0 Å². The molecule has 0 amide bonds. The van der Waals surface area contributed by atoms with Gasteiger partial charge in [0.25, 0.3) is 5.56 Å². The molecule has 0 unspecified atom stereocenters. The van der Waals surface area contributed by atoms with Crippen LogP contribution < -0.4 is 10.6 Å². The summed E-state index contributed by atoms with van der Waals surface area (Å²) in [4.78, 5) is 15.3. The molecule has 0 radical (unpaired) electrons.